The largest absolute Gasteiger partial charge is 0.357 e. The zero-order chi connectivity index (χ0) is 20.6. The predicted octanol–water partition coefficient (Wildman–Crippen LogP) is 4.35. The normalized spacial score (nSPS) is 11.2. The molecule has 7 heteroatoms. The van der Waals surface area contributed by atoms with E-state index < -0.39 is 0 Å². The van der Waals surface area contributed by atoms with Crippen LogP contribution >= 0.6 is 24.0 Å². The highest BCUT2D eigenvalue weighted by Gasteiger charge is 2.06. The highest BCUT2D eigenvalue weighted by atomic mass is 127. The number of guanidine groups is 1. The molecule has 0 bridgehead atoms. The fourth-order valence-corrected chi connectivity index (χ4v) is 3.43. The number of aliphatic imine (C=N–C) groups is 1. The number of hydrogen-bond acceptors (Lipinski definition) is 3. The summed E-state index contributed by atoms with van der Waals surface area (Å²) in [7, 11) is 0. The minimum absolute atomic E-state index is 0. The second-order valence-electron chi connectivity index (χ2n) is 7.01. The number of benzene rings is 2. The summed E-state index contributed by atoms with van der Waals surface area (Å²) in [6.45, 7) is 4.88. The lowest BCUT2D eigenvalue weighted by molar-refractivity contribution is 0.677. The van der Waals surface area contributed by atoms with Gasteiger partial charge in [-0.15, -0.1) is 24.0 Å². The number of rotatable bonds is 7. The van der Waals surface area contributed by atoms with E-state index in [4.69, 9.17) is 4.99 Å². The molecule has 6 nitrogen and oxygen atoms in total. The average molecular weight is 526 g/mol. The highest BCUT2D eigenvalue weighted by molar-refractivity contribution is 14.0. The number of nitrogens with one attached hydrogen (secondary N) is 2. The topological polar surface area (TPSA) is 67.1 Å². The number of halogens is 1. The van der Waals surface area contributed by atoms with Gasteiger partial charge in [0.2, 0.25) is 0 Å². The molecule has 0 unspecified atom stereocenters. The Morgan fingerprint density at radius 1 is 0.903 bits per heavy atom. The van der Waals surface area contributed by atoms with Gasteiger partial charge in [-0.3, -0.25) is 9.67 Å². The van der Waals surface area contributed by atoms with Crippen molar-refractivity contribution >= 4 is 40.8 Å². The van der Waals surface area contributed by atoms with E-state index in [0.717, 1.165) is 35.5 Å². The van der Waals surface area contributed by atoms with Gasteiger partial charge in [0.15, 0.2) is 5.96 Å². The van der Waals surface area contributed by atoms with E-state index in [9.17, 15) is 0 Å². The zero-order valence-electron chi connectivity index (χ0n) is 17.5. The molecule has 0 radical (unpaired) electrons. The van der Waals surface area contributed by atoms with Crippen molar-refractivity contribution < 1.29 is 0 Å². The molecule has 0 saturated heterocycles. The van der Waals surface area contributed by atoms with Crippen LogP contribution in [0.3, 0.4) is 0 Å². The molecule has 2 aromatic heterocycles. The van der Waals surface area contributed by atoms with Crippen LogP contribution in [0.2, 0.25) is 0 Å². The first kappa shape index (κ1) is 22.7. The molecule has 160 valence electrons. The van der Waals surface area contributed by atoms with E-state index in [1.165, 1.54) is 11.1 Å². The van der Waals surface area contributed by atoms with Gasteiger partial charge in [0.25, 0.3) is 0 Å². The van der Waals surface area contributed by atoms with Gasteiger partial charge in [0.1, 0.15) is 0 Å². The second kappa shape index (κ2) is 11.5. The van der Waals surface area contributed by atoms with Crippen LogP contribution in [0.15, 0.2) is 84.2 Å². The van der Waals surface area contributed by atoms with Gasteiger partial charge >= 0.3 is 0 Å². The number of pyridine rings is 1. The quantitative estimate of drug-likeness (QED) is 0.214. The molecular weight excluding hydrogens is 499 g/mol. The summed E-state index contributed by atoms with van der Waals surface area (Å²) in [5, 5.41) is 12.3. The average Bonchev–Trinajstić information content (AvgIpc) is 3.30. The van der Waals surface area contributed by atoms with Crippen molar-refractivity contribution in [1.82, 2.24) is 25.4 Å². The lowest BCUT2D eigenvalue weighted by Crippen LogP contribution is -2.37. The minimum Gasteiger partial charge on any atom is -0.357 e. The van der Waals surface area contributed by atoms with E-state index in [2.05, 4.69) is 76.2 Å². The number of aromatic nitrogens is 3. The van der Waals surface area contributed by atoms with Crippen LogP contribution in [0.1, 0.15) is 23.6 Å². The van der Waals surface area contributed by atoms with Gasteiger partial charge in [-0.25, -0.2) is 4.99 Å². The summed E-state index contributed by atoms with van der Waals surface area (Å²) in [4.78, 5) is 9.32. The lowest BCUT2D eigenvalue weighted by atomic mass is 10.1. The monoisotopic (exact) mass is 526 g/mol. The van der Waals surface area contributed by atoms with Crippen LogP contribution in [-0.4, -0.2) is 27.3 Å². The lowest BCUT2D eigenvalue weighted by Gasteiger charge is -2.14. The molecule has 0 atom stereocenters. The van der Waals surface area contributed by atoms with Gasteiger partial charge in [0, 0.05) is 37.1 Å². The predicted molar refractivity (Wildman–Crippen MR) is 137 cm³/mol. The first-order chi connectivity index (χ1) is 14.8. The Balaban J connectivity index is 0.00000272. The van der Waals surface area contributed by atoms with Crippen LogP contribution in [0, 0.1) is 0 Å². The summed E-state index contributed by atoms with van der Waals surface area (Å²) in [5.74, 6) is 0.791. The van der Waals surface area contributed by atoms with Crippen molar-refractivity contribution in [2.75, 3.05) is 6.54 Å². The van der Waals surface area contributed by atoms with Gasteiger partial charge in [-0.2, -0.15) is 5.10 Å². The van der Waals surface area contributed by atoms with Crippen LogP contribution in [0.4, 0.5) is 0 Å². The fourth-order valence-electron chi connectivity index (χ4n) is 3.43. The molecule has 0 fully saturated rings. The molecule has 0 spiro atoms. The van der Waals surface area contributed by atoms with Crippen molar-refractivity contribution in [1.29, 1.82) is 0 Å². The molecule has 4 rings (SSSR count). The molecule has 0 aliphatic carbocycles. The summed E-state index contributed by atoms with van der Waals surface area (Å²) in [6.07, 6.45) is 5.61. The fraction of sp³-hybridized carbons (Fsp3) is 0.208. The van der Waals surface area contributed by atoms with Crippen molar-refractivity contribution in [2.45, 2.75) is 26.6 Å². The SMILES string of the molecule is CCNC(=NCc1cccc2cccnc12)NCc1ccccc1Cn1cccn1.I. The molecule has 2 N–H and O–H groups in total. The van der Waals surface area contributed by atoms with Crippen LogP contribution in [0.25, 0.3) is 10.9 Å². The van der Waals surface area contributed by atoms with Crippen LogP contribution < -0.4 is 10.6 Å². The van der Waals surface area contributed by atoms with Crippen molar-refractivity contribution in [3.05, 3.63) is 95.9 Å². The van der Waals surface area contributed by atoms with E-state index in [-0.39, 0.29) is 24.0 Å². The first-order valence-electron chi connectivity index (χ1n) is 10.2. The maximum Gasteiger partial charge on any atom is 0.191 e. The third-order valence-corrected chi connectivity index (χ3v) is 4.92. The van der Waals surface area contributed by atoms with Crippen LogP contribution in [-0.2, 0) is 19.6 Å². The molecule has 31 heavy (non-hydrogen) atoms. The second-order valence-corrected chi connectivity index (χ2v) is 7.01. The Morgan fingerprint density at radius 3 is 2.52 bits per heavy atom. The maximum absolute atomic E-state index is 4.79. The van der Waals surface area contributed by atoms with Gasteiger partial charge in [-0.05, 0) is 35.7 Å². The van der Waals surface area contributed by atoms with Crippen molar-refractivity contribution in [3.63, 3.8) is 0 Å². The Bertz CT molecular complexity index is 1120. The molecule has 0 saturated carbocycles. The number of para-hydroxylation sites is 1. The summed E-state index contributed by atoms with van der Waals surface area (Å²) in [6, 6.07) is 20.6. The summed E-state index contributed by atoms with van der Waals surface area (Å²) < 4.78 is 1.94. The van der Waals surface area contributed by atoms with E-state index >= 15 is 0 Å². The molecule has 0 aliphatic heterocycles. The molecule has 0 amide bonds. The maximum atomic E-state index is 4.79. The van der Waals surface area contributed by atoms with Gasteiger partial charge in [-0.1, -0.05) is 48.5 Å². The van der Waals surface area contributed by atoms with Crippen molar-refractivity contribution in [3.8, 4) is 0 Å². The Kier molecular flexibility index (Phi) is 8.40. The molecule has 2 aromatic carbocycles. The number of hydrogen-bond donors (Lipinski definition) is 2. The number of fused-ring (bicyclic) bond motifs is 1. The van der Waals surface area contributed by atoms with E-state index in [1.807, 2.05) is 29.2 Å². The standard InChI is InChI=1S/C24H26N6.HI/c1-2-25-24(28-17-21-11-5-10-19-12-6-13-26-23(19)21)27-16-20-8-3-4-9-22(20)18-30-15-7-14-29-30;/h3-15H,2,16-18H2,1H3,(H2,25,27,28);1H. The molecule has 2 heterocycles. The first-order valence-corrected chi connectivity index (χ1v) is 10.2. The summed E-state index contributed by atoms with van der Waals surface area (Å²) in [5.41, 5.74) is 4.58. The van der Waals surface area contributed by atoms with Gasteiger partial charge < -0.3 is 10.6 Å². The third-order valence-electron chi connectivity index (χ3n) is 4.92. The third kappa shape index (κ3) is 6.04. The Hall–Kier alpha value is -2.94. The van der Waals surface area contributed by atoms with Crippen LogP contribution in [0.5, 0.6) is 0 Å². The molecule has 4 aromatic rings. The molecule has 0 aliphatic rings. The van der Waals surface area contributed by atoms with Gasteiger partial charge in [0.05, 0.1) is 18.6 Å². The van der Waals surface area contributed by atoms with E-state index in [0.29, 0.717) is 13.1 Å². The number of nitrogens with zero attached hydrogens (tertiary/aromatic N) is 4. The summed E-state index contributed by atoms with van der Waals surface area (Å²) >= 11 is 0. The highest BCUT2D eigenvalue weighted by Crippen LogP contribution is 2.16. The Labute approximate surface area is 199 Å². The molecular formula is C24H27IN6. The van der Waals surface area contributed by atoms with Crippen molar-refractivity contribution in [2.24, 2.45) is 4.99 Å². The van der Waals surface area contributed by atoms with E-state index in [1.54, 1.807) is 6.20 Å². The zero-order valence-corrected chi connectivity index (χ0v) is 19.9. The minimum atomic E-state index is 0. The Morgan fingerprint density at radius 2 is 1.71 bits per heavy atom. The smallest absolute Gasteiger partial charge is 0.191 e.